The van der Waals surface area contributed by atoms with E-state index in [2.05, 4.69) is 5.32 Å². The van der Waals surface area contributed by atoms with Crippen LogP contribution in [0.5, 0.6) is 0 Å². The molecule has 0 saturated heterocycles. The molecule has 3 aromatic rings. The van der Waals surface area contributed by atoms with Crippen LogP contribution in [-0.2, 0) is 26.2 Å². The molecule has 3 rings (SSSR count). The average molecular weight is 619 g/mol. The Morgan fingerprint density at radius 3 is 2.12 bits per heavy atom. The smallest absolute Gasteiger partial charge is 0.264 e. The van der Waals surface area contributed by atoms with E-state index in [1.165, 1.54) is 17.0 Å². The van der Waals surface area contributed by atoms with E-state index in [9.17, 15) is 18.0 Å². The standard InChI is InChI=1S/C31H37Cl2N3O4S/c1-6-7-14-34-31(38)24(5)35(19-25-10-11-26(32)18-29(25)33)30(37)20-36(27-16-22(3)15-23(4)17-27)41(39,40)28-12-8-21(2)9-13-28/h8-13,15-18,24H,6-7,14,19-20H2,1-5H3,(H,34,38)/t24-/m0/s1. The maximum absolute atomic E-state index is 14.1. The molecule has 0 unspecified atom stereocenters. The van der Waals surface area contributed by atoms with E-state index in [1.54, 1.807) is 49.4 Å². The predicted molar refractivity (Wildman–Crippen MR) is 166 cm³/mol. The van der Waals surface area contributed by atoms with Crippen molar-refractivity contribution in [3.05, 3.63) is 93.0 Å². The lowest BCUT2D eigenvalue weighted by molar-refractivity contribution is -0.139. The molecule has 10 heteroatoms. The highest BCUT2D eigenvalue weighted by Gasteiger charge is 2.33. The minimum Gasteiger partial charge on any atom is -0.354 e. The summed E-state index contributed by atoms with van der Waals surface area (Å²) in [6.45, 7) is 9.19. The molecule has 0 bridgehead atoms. The summed E-state index contributed by atoms with van der Waals surface area (Å²) in [4.78, 5) is 28.6. The van der Waals surface area contributed by atoms with Crippen LogP contribution in [0.2, 0.25) is 10.0 Å². The highest BCUT2D eigenvalue weighted by Crippen LogP contribution is 2.28. The molecule has 0 aliphatic heterocycles. The third-order valence-corrected chi connectivity index (χ3v) is 9.11. The second-order valence-corrected chi connectivity index (χ2v) is 13.0. The van der Waals surface area contributed by atoms with Crippen molar-refractivity contribution in [2.24, 2.45) is 0 Å². The van der Waals surface area contributed by atoms with Gasteiger partial charge in [-0.3, -0.25) is 13.9 Å². The minimum absolute atomic E-state index is 0.0114. The fraction of sp³-hybridized carbons (Fsp3) is 0.355. The van der Waals surface area contributed by atoms with Gasteiger partial charge < -0.3 is 10.2 Å². The highest BCUT2D eigenvalue weighted by atomic mass is 35.5. The zero-order chi connectivity index (χ0) is 30.3. The summed E-state index contributed by atoms with van der Waals surface area (Å²) in [7, 11) is -4.14. The van der Waals surface area contributed by atoms with Gasteiger partial charge >= 0.3 is 0 Å². The predicted octanol–water partition coefficient (Wildman–Crippen LogP) is 6.45. The topological polar surface area (TPSA) is 86.8 Å². The molecule has 1 atom stereocenters. The van der Waals surface area contributed by atoms with Crippen molar-refractivity contribution in [3.8, 4) is 0 Å². The number of aryl methyl sites for hydroxylation is 3. The number of sulfonamides is 1. The summed E-state index contributed by atoms with van der Waals surface area (Å²) in [6.07, 6.45) is 1.70. The molecule has 0 fully saturated rings. The van der Waals surface area contributed by atoms with Gasteiger partial charge in [0.25, 0.3) is 10.0 Å². The fourth-order valence-corrected chi connectivity index (χ4v) is 6.28. The largest absolute Gasteiger partial charge is 0.354 e. The highest BCUT2D eigenvalue weighted by molar-refractivity contribution is 7.92. The van der Waals surface area contributed by atoms with Gasteiger partial charge in [-0.1, -0.05) is 66.4 Å². The van der Waals surface area contributed by atoms with Crippen LogP contribution in [0.4, 0.5) is 5.69 Å². The van der Waals surface area contributed by atoms with E-state index >= 15 is 0 Å². The van der Waals surface area contributed by atoms with Gasteiger partial charge in [-0.25, -0.2) is 8.42 Å². The number of nitrogens with one attached hydrogen (secondary N) is 1. The first kappa shape index (κ1) is 32.4. The SMILES string of the molecule is CCCCNC(=O)[C@H](C)N(Cc1ccc(Cl)cc1Cl)C(=O)CN(c1cc(C)cc(C)c1)S(=O)(=O)c1ccc(C)cc1. The number of carbonyl (C=O) groups excluding carboxylic acids is 2. The van der Waals surface area contributed by atoms with Crippen LogP contribution >= 0.6 is 23.2 Å². The van der Waals surface area contributed by atoms with Gasteiger partial charge in [0.15, 0.2) is 0 Å². The van der Waals surface area contributed by atoms with E-state index in [0.717, 1.165) is 33.8 Å². The molecule has 41 heavy (non-hydrogen) atoms. The molecule has 0 heterocycles. The summed E-state index contributed by atoms with van der Waals surface area (Å²) >= 11 is 12.5. The van der Waals surface area contributed by atoms with Crippen LogP contribution in [0.15, 0.2) is 65.6 Å². The average Bonchev–Trinajstić information content (AvgIpc) is 2.90. The van der Waals surface area contributed by atoms with Crippen molar-refractivity contribution >= 4 is 50.7 Å². The number of unbranched alkanes of at least 4 members (excludes halogenated alkanes) is 1. The maximum Gasteiger partial charge on any atom is 0.264 e. The molecule has 0 radical (unpaired) electrons. The Hall–Kier alpha value is -3.07. The molecule has 0 saturated carbocycles. The number of halogens is 2. The van der Waals surface area contributed by atoms with Gasteiger partial charge in [-0.15, -0.1) is 0 Å². The Labute approximate surface area is 253 Å². The van der Waals surface area contributed by atoms with Crippen LogP contribution in [-0.4, -0.2) is 44.3 Å². The van der Waals surface area contributed by atoms with Gasteiger partial charge in [-0.05, 0) is 87.2 Å². The monoisotopic (exact) mass is 617 g/mol. The Balaban J connectivity index is 2.06. The van der Waals surface area contributed by atoms with E-state index in [1.807, 2.05) is 33.8 Å². The number of amides is 2. The summed E-state index contributed by atoms with van der Waals surface area (Å²) in [5, 5.41) is 3.65. The van der Waals surface area contributed by atoms with E-state index < -0.39 is 28.5 Å². The number of hydrogen-bond acceptors (Lipinski definition) is 4. The fourth-order valence-electron chi connectivity index (χ4n) is 4.41. The Morgan fingerprint density at radius 2 is 1.54 bits per heavy atom. The van der Waals surface area contributed by atoms with Crippen molar-refractivity contribution in [2.45, 2.75) is 64.9 Å². The molecule has 0 spiro atoms. The van der Waals surface area contributed by atoms with Gasteiger partial charge in [0.05, 0.1) is 10.6 Å². The van der Waals surface area contributed by atoms with Crippen LogP contribution < -0.4 is 9.62 Å². The molecule has 0 aromatic heterocycles. The molecular formula is C31H37Cl2N3O4S. The van der Waals surface area contributed by atoms with Crippen molar-refractivity contribution in [2.75, 3.05) is 17.4 Å². The lowest BCUT2D eigenvalue weighted by Gasteiger charge is -2.32. The van der Waals surface area contributed by atoms with Crippen molar-refractivity contribution in [1.29, 1.82) is 0 Å². The lowest BCUT2D eigenvalue weighted by Crippen LogP contribution is -2.51. The second kappa shape index (κ2) is 14.2. The van der Waals surface area contributed by atoms with Gasteiger partial charge in [-0.2, -0.15) is 0 Å². The number of hydrogen-bond donors (Lipinski definition) is 1. The van der Waals surface area contributed by atoms with Crippen LogP contribution in [0.1, 0.15) is 48.9 Å². The van der Waals surface area contributed by atoms with Crippen molar-refractivity contribution in [3.63, 3.8) is 0 Å². The zero-order valence-corrected chi connectivity index (χ0v) is 26.4. The third kappa shape index (κ3) is 8.47. The molecule has 0 aliphatic carbocycles. The maximum atomic E-state index is 14.1. The Morgan fingerprint density at radius 1 is 0.902 bits per heavy atom. The third-order valence-electron chi connectivity index (χ3n) is 6.73. The van der Waals surface area contributed by atoms with Crippen LogP contribution in [0, 0.1) is 20.8 Å². The van der Waals surface area contributed by atoms with E-state index in [4.69, 9.17) is 23.2 Å². The van der Waals surface area contributed by atoms with Crippen molar-refractivity contribution < 1.29 is 18.0 Å². The van der Waals surface area contributed by atoms with Crippen LogP contribution in [0.25, 0.3) is 0 Å². The van der Waals surface area contributed by atoms with Gasteiger partial charge in [0.1, 0.15) is 12.6 Å². The van der Waals surface area contributed by atoms with Gasteiger partial charge in [0, 0.05) is 23.1 Å². The van der Waals surface area contributed by atoms with Crippen LogP contribution in [0.3, 0.4) is 0 Å². The summed E-state index contributed by atoms with van der Waals surface area (Å²) in [5.74, 6) is -0.889. The summed E-state index contributed by atoms with van der Waals surface area (Å²) < 4.78 is 29.1. The number of carbonyl (C=O) groups is 2. The number of rotatable bonds is 12. The molecule has 220 valence electrons. The first-order valence-electron chi connectivity index (χ1n) is 13.5. The van der Waals surface area contributed by atoms with Gasteiger partial charge in [0.2, 0.25) is 11.8 Å². The molecule has 7 nitrogen and oxygen atoms in total. The molecule has 1 N–H and O–H groups in total. The first-order valence-corrected chi connectivity index (χ1v) is 15.7. The van der Waals surface area contributed by atoms with Crippen molar-refractivity contribution in [1.82, 2.24) is 10.2 Å². The molecule has 3 aromatic carbocycles. The normalized spacial score (nSPS) is 12.1. The number of nitrogens with zero attached hydrogens (tertiary/aromatic N) is 2. The Bertz CT molecular complexity index is 1470. The quantitative estimate of drug-likeness (QED) is 0.237. The molecule has 0 aliphatic rings. The van der Waals surface area contributed by atoms with E-state index in [0.29, 0.717) is 27.8 Å². The number of anilines is 1. The first-order chi connectivity index (χ1) is 19.3. The summed E-state index contributed by atoms with van der Waals surface area (Å²) in [5.41, 5.74) is 3.56. The minimum atomic E-state index is -4.14. The van der Waals surface area contributed by atoms with E-state index in [-0.39, 0.29) is 17.3 Å². The zero-order valence-electron chi connectivity index (χ0n) is 24.1. The molecular weight excluding hydrogens is 581 g/mol. The Kier molecular flexibility index (Phi) is 11.2. The summed E-state index contributed by atoms with van der Waals surface area (Å²) in [6, 6.07) is 15.9. The lowest BCUT2D eigenvalue weighted by atomic mass is 10.1. The molecule has 2 amide bonds. The second-order valence-electron chi connectivity index (χ2n) is 10.2. The number of benzene rings is 3.